The van der Waals surface area contributed by atoms with Crippen molar-refractivity contribution in [1.29, 1.82) is 0 Å². The smallest absolute Gasteiger partial charge is 0.0483 e. The predicted molar refractivity (Wildman–Crippen MR) is 60.9 cm³/mol. The molecule has 0 atom stereocenters. The number of hydrogen-bond donors (Lipinski definition) is 1. The van der Waals surface area contributed by atoms with Gasteiger partial charge in [-0.15, -0.1) is 12.4 Å². The molecule has 0 unspecified atom stereocenters. The molecule has 3 heteroatoms. The van der Waals surface area contributed by atoms with Crippen molar-refractivity contribution in [3.63, 3.8) is 0 Å². The van der Waals surface area contributed by atoms with Gasteiger partial charge in [-0.1, -0.05) is 18.2 Å². The highest BCUT2D eigenvalue weighted by molar-refractivity contribution is 5.85. The molecule has 0 fully saturated rings. The summed E-state index contributed by atoms with van der Waals surface area (Å²) in [5, 5.41) is 4.74. The summed E-state index contributed by atoms with van der Waals surface area (Å²) in [5.74, 6) is 0. The molecule has 0 bridgehead atoms. The minimum Gasteiger partial charge on any atom is -0.342 e. The molecule has 0 saturated heterocycles. The SMILES string of the molecule is Cl.c1ccc2c(c1)cc1n2CCNC1. The molecule has 1 aromatic carbocycles. The fourth-order valence-electron chi connectivity index (χ4n) is 2.09. The van der Waals surface area contributed by atoms with Gasteiger partial charge in [-0.2, -0.15) is 0 Å². The number of nitrogens with zero attached hydrogens (tertiary/aromatic N) is 1. The fourth-order valence-corrected chi connectivity index (χ4v) is 2.09. The zero-order chi connectivity index (χ0) is 8.67. The summed E-state index contributed by atoms with van der Waals surface area (Å²) in [6.45, 7) is 3.20. The Morgan fingerprint density at radius 2 is 2.07 bits per heavy atom. The van der Waals surface area contributed by atoms with Crippen LogP contribution in [-0.2, 0) is 13.1 Å². The van der Waals surface area contributed by atoms with Gasteiger partial charge in [0.05, 0.1) is 0 Å². The van der Waals surface area contributed by atoms with Gasteiger partial charge in [0.2, 0.25) is 0 Å². The summed E-state index contributed by atoms with van der Waals surface area (Å²) in [6, 6.07) is 10.9. The van der Waals surface area contributed by atoms with E-state index in [-0.39, 0.29) is 12.4 Å². The Morgan fingerprint density at radius 3 is 3.00 bits per heavy atom. The van der Waals surface area contributed by atoms with E-state index in [2.05, 4.69) is 40.2 Å². The number of aromatic nitrogens is 1. The molecule has 1 aliphatic heterocycles. The summed E-state index contributed by atoms with van der Waals surface area (Å²) in [5.41, 5.74) is 2.78. The zero-order valence-corrected chi connectivity index (χ0v) is 8.68. The van der Waals surface area contributed by atoms with Crippen molar-refractivity contribution in [1.82, 2.24) is 9.88 Å². The lowest BCUT2D eigenvalue weighted by atomic mass is 10.2. The topological polar surface area (TPSA) is 17.0 Å². The Labute approximate surface area is 89.3 Å². The lowest BCUT2D eigenvalue weighted by Crippen LogP contribution is -2.27. The summed E-state index contributed by atoms with van der Waals surface area (Å²) in [6.07, 6.45) is 0. The normalized spacial score (nSPS) is 14.9. The number of para-hydroxylation sites is 1. The highest BCUT2D eigenvalue weighted by Gasteiger charge is 2.10. The van der Waals surface area contributed by atoms with Crippen molar-refractivity contribution in [3.8, 4) is 0 Å². The van der Waals surface area contributed by atoms with Gasteiger partial charge in [0.25, 0.3) is 0 Å². The molecule has 1 N–H and O–H groups in total. The van der Waals surface area contributed by atoms with Crippen molar-refractivity contribution in [2.75, 3.05) is 6.54 Å². The highest BCUT2D eigenvalue weighted by atomic mass is 35.5. The highest BCUT2D eigenvalue weighted by Crippen LogP contribution is 2.20. The van der Waals surface area contributed by atoms with E-state index in [9.17, 15) is 0 Å². The van der Waals surface area contributed by atoms with E-state index in [1.54, 1.807) is 0 Å². The molecule has 0 aliphatic carbocycles. The Kier molecular flexibility index (Phi) is 2.48. The number of hydrogen-bond acceptors (Lipinski definition) is 1. The van der Waals surface area contributed by atoms with E-state index in [4.69, 9.17) is 0 Å². The Hall–Kier alpha value is -0.990. The molecule has 0 amide bonds. The number of fused-ring (bicyclic) bond motifs is 3. The second kappa shape index (κ2) is 3.64. The Morgan fingerprint density at radius 1 is 1.21 bits per heavy atom. The minimum absolute atomic E-state index is 0. The van der Waals surface area contributed by atoms with Gasteiger partial charge in [-0.3, -0.25) is 0 Å². The maximum Gasteiger partial charge on any atom is 0.0483 e. The molecule has 74 valence electrons. The lowest BCUT2D eigenvalue weighted by molar-refractivity contribution is 0.527. The van der Waals surface area contributed by atoms with Gasteiger partial charge in [-0.05, 0) is 17.5 Å². The largest absolute Gasteiger partial charge is 0.342 e. The molecule has 1 aromatic heterocycles. The molecule has 0 spiro atoms. The summed E-state index contributed by atoms with van der Waals surface area (Å²) in [7, 11) is 0. The third kappa shape index (κ3) is 1.31. The molecule has 0 saturated carbocycles. The molecule has 2 heterocycles. The Balaban J connectivity index is 0.000000750. The van der Waals surface area contributed by atoms with Gasteiger partial charge in [0, 0.05) is 30.8 Å². The quantitative estimate of drug-likeness (QED) is 0.702. The summed E-state index contributed by atoms with van der Waals surface area (Å²) >= 11 is 0. The zero-order valence-electron chi connectivity index (χ0n) is 7.86. The molecule has 2 aromatic rings. The van der Waals surface area contributed by atoms with E-state index in [1.165, 1.54) is 16.6 Å². The van der Waals surface area contributed by atoms with Crippen molar-refractivity contribution in [2.24, 2.45) is 0 Å². The average molecular weight is 209 g/mol. The number of rotatable bonds is 0. The number of halogens is 1. The third-order valence-electron chi connectivity index (χ3n) is 2.71. The second-order valence-electron chi connectivity index (χ2n) is 3.52. The molecule has 14 heavy (non-hydrogen) atoms. The fraction of sp³-hybridized carbons (Fsp3) is 0.273. The maximum absolute atomic E-state index is 3.38. The van der Waals surface area contributed by atoms with E-state index < -0.39 is 0 Å². The number of benzene rings is 1. The molecular formula is C11H13ClN2. The molecule has 1 aliphatic rings. The standard InChI is InChI=1S/C11H12N2.ClH/c1-2-4-11-9(3-1)7-10-8-12-5-6-13(10)11;/h1-4,7,12H,5-6,8H2;1H. The van der Waals surface area contributed by atoms with Crippen molar-refractivity contribution in [2.45, 2.75) is 13.1 Å². The van der Waals surface area contributed by atoms with E-state index in [0.717, 1.165) is 19.6 Å². The van der Waals surface area contributed by atoms with Gasteiger partial charge >= 0.3 is 0 Å². The van der Waals surface area contributed by atoms with Crippen LogP contribution in [-0.4, -0.2) is 11.1 Å². The van der Waals surface area contributed by atoms with Crippen LogP contribution in [0.1, 0.15) is 5.69 Å². The molecular weight excluding hydrogens is 196 g/mol. The maximum atomic E-state index is 3.38. The molecule has 2 nitrogen and oxygen atoms in total. The van der Waals surface area contributed by atoms with Crippen molar-refractivity contribution >= 4 is 23.3 Å². The van der Waals surface area contributed by atoms with Crippen molar-refractivity contribution in [3.05, 3.63) is 36.0 Å². The first-order chi connectivity index (χ1) is 6.45. The Bertz CT molecular complexity index is 447. The van der Waals surface area contributed by atoms with Gasteiger partial charge in [0.15, 0.2) is 0 Å². The third-order valence-corrected chi connectivity index (χ3v) is 2.71. The van der Waals surface area contributed by atoms with Gasteiger partial charge < -0.3 is 9.88 Å². The van der Waals surface area contributed by atoms with Gasteiger partial charge in [-0.25, -0.2) is 0 Å². The van der Waals surface area contributed by atoms with Crippen LogP contribution in [0.3, 0.4) is 0 Å². The first-order valence-corrected chi connectivity index (χ1v) is 4.73. The number of nitrogens with one attached hydrogen (secondary N) is 1. The molecule has 3 rings (SSSR count). The monoisotopic (exact) mass is 208 g/mol. The van der Waals surface area contributed by atoms with E-state index in [0.29, 0.717) is 0 Å². The average Bonchev–Trinajstić information content (AvgIpc) is 2.56. The first-order valence-electron chi connectivity index (χ1n) is 4.73. The van der Waals surface area contributed by atoms with Crippen molar-refractivity contribution < 1.29 is 0 Å². The summed E-state index contributed by atoms with van der Waals surface area (Å²) < 4.78 is 2.41. The van der Waals surface area contributed by atoms with Crippen LogP contribution >= 0.6 is 12.4 Å². The van der Waals surface area contributed by atoms with Crippen LogP contribution in [0, 0.1) is 0 Å². The van der Waals surface area contributed by atoms with E-state index >= 15 is 0 Å². The van der Waals surface area contributed by atoms with Crippen LogP contribution < -0.4 is 5.32 Å². The summed E-state index contributed by atoms with van der Waals surface area (Å²) in [4.78, 5) is 0. The van der Waals surface area contributed by atoms with Gasteiger partial charge in [0.1, 0.15) is 0 Å². The van der Waals surface area contributed by atoms with Crippen LogP contribution in [0.5, 0.6) is 0 Å². The second-order valence-corrected chi connectivity index (χ2v) is 3.52. The van der Waals surface area contributed by atoms with Crippen LogP contribution in [0.25, 0.3) is 10.9 Å². The molecule has 0 radical (unpaired) electrons. The van der Waals surface area contributed by atoms with Crippen LogP contribution in [0.4, 0.5) is 0 Å². The first kappa shape index (κ1) is 9.56. The predicted octanol–water partition coefficient (Wildman–Crippen LogP) is 2.17. The van der Waals surface area contributed by atoms with Crippen LogP contribution in [0.15, 0.2) is 30.3 Å². The minimum atomic E-state index is 0. The lowest BCUT2D eigenvalue weighted by Gasteiger charge is -2.16. The van der Waals surface area contributed by atoms with E-state index in [1.807, 2.05) is 0 Å². The van der Waals surface area contributed by atoms with Crippen LogP contribution in [0.2, 0.25) is 0 Å².